The van der Waals surface area contributed by atoms with Crippen molar-refractivity contribution in [3.05, 3.63) is 29.6 Å². The van der Waals surface area contributed by atoms with Crippen molar-refractivity contribution < 1.29 is 9.18 Å². The summed E-state index contributed by atoms with van der Waals surface area (Å²) in [5, 5.41) is 11.2. The number of carbonyl (C=O) groups excluding carboxylic acids is 1. The van der Waals surface area contributed by atoms with Gasteiger partial charge in [-0.05, 0) is 48.5 Å². The van der Waals surface area contributed by atoms with Crippen LogP contribution in [0.15, 0.2) is 18.2 Å². The molecule has 0 saturated carbocycles. The van der Waals surface area contributed by atoms with E-state index in [4.69, 9.17) is 5.26 Å². The van der Waals surface area contributed by atoms with Crippen LogP contribution in [0.1, 0.15) is 24.8 Å². The van der Waals surface area contributed by atoms with Crippen LogP contribution in [0.4, 0.5) is 10.1 Å². The van der Waals surface area contributed by atoms with Gasteiger partial charge in [0.25, 0.3) is 0 Å². The van der Waals surface area contributed by atoms with Crippen molar-refractivity contribution in [2.24, 2.45) is 5.92 Å². The molecule has 1 aromatic rings. The standard InChI is InChI=1S/C14H15FN2OS/c15-12-7-11(9-16)1-2-13(12)17-14(18)8-10-3-5-19-6-4-10/h1-2,7,10H,3-6,8H2,(H,17,18). The van der Waals surface area contributed by atoms with Gasteiger partial charge < -0.3 is 5.32 Å². The van der Waals surface area contributed by atoms with Crippen LogP contribution in [-0.2, 0) is 4.79 Å². The maximum absolute atomic E-state index is 13.6. The number of amides is 1. The normalized spacial score (nSPS) is 15.8. The van der Waals surface area contributed by atoms with Crippen molar-refractivity contribution in [2.45, 2.75) is 19.3 Å². The first-order valence-electron chi connectivity index (χ1n) is 6.26. The molecule has 0 aliphatic carbocycles. The Balaban J connectivity index is 1.93. The number of hydrogen-bond acceptors (Lipinski definition) is 3. The van der Waals surface area contributed by atoms with Gasteiger partial charge in [0.1, 0.15) is 5.82 Å². The maximum atomic E-state index is 13.6. The van der Waals surface area contributed by atoms with Crippen LogP contribution < -0.4 is 5.32 Å². The van der Waals surface area contributed by atoms with E-state index >= 15 is 0 Å². The average molecular weight is 278 g/mol. The molecule has 100 valence electrons. The van der Waals surface area contributed by atoms with Gasteiger partial charge in [-0.15, -0.1) is 0 Å². The molecule has 2 rings (SSSR count). The molecule has 1 aliphatic rings. The Morgan fingerprint density at radius 1 is 1.47 bits per heavy atom. The van der Waals surface area contributed by atoms with E-state index < -0.39 is 5.82 Å². The van der Waals surface area contributed by atoms with E-state index in [0.717, 1.165) is 30.4 Å². The molecule has 1 fully saturated rings. The third kappa shape index (κ3) is 3.97. The van der Waals surface area contributed by atoms with Crippen LogP contribution in [-0.4, -0.2) is 17.4 Å². The minimum Gasteiger partial charge on any atom is -0.324 e. The number of thioether (sulfide) groups is 1. The number of hydrogen-bond donors (Lipinski definition) is 1. The van der Waals surface area contributed by atoms with Crippen molar-refractivity contribution in [2.75, 3.05) is 16.8 Å². The SMILES string of the molecule is N#Cc1ccc(NC(=O)CC2CCSCC2)c(F)c1. The molecule has 19 heavy (non-hydrogen) atoms. The monoisotopic (exact) mass is 278 g/mol. The fraction of sp³-hybridized carbons (Fsp3) is 0.429. The smallest absolute Gasteiger partial charge is 0.224 e. The fourth-order valence-corrected chi connectivity index (χ4v) is 3.30. The second kappa shape index (κ2) is 6.58. The molecule has 1 amide bonds. The van der Waals surface area contributed by atoms with Crippen molar-refractivity contribution in [1.29, 1.82) is 5.26 Å². The molecule has 0 unspecified atom stereocenters. The lowest BCUT2D eigenvalue weighted by molar-refractivity contribution is -0.117. The summed E-state index contributed by atoms with van der Waals surface area (Å²) in [6.45, 7) is 0. The van der Waals surface area contributed by atoms with Crippen LogP contribution >= 0.6 is 11.8 Å². The van der Waals surface area contributed by atoms with Crippen LogP contribution in [0.2, 0.25) is 0 Å². The van der Waals surface area contributed by atoms with E-state index in [2.05, 4.69) is 5.32 Å². The van der Waals surface area contributed by atoms with E-state index in [1.165, 1.54) is 12.1 Å². The van der Waals surface area contributed by atoms with Crippen molar-refractivity contribution in [3.8, 4) is 6.07 Å². The Morgan fingerprint density at radius 3 is 2.84 bits per heavy atom. The quantitative estimate of drug-likeness (QED) is 0.924. The molecular weight excluding hydrogens is 263 g/mol. The number of nitrogens with one attached hydrogen (secondary N) is 1. The fourth-order valence-electron chi connectivity index (χ4n) is 2.10. The molecule has 0 radical (unpaired) electrons. The highest BCUT2D eigenvalue weighted by Crippen LogP contribution is 2.26. The Labute approximate surface area is 116 Å². The summed E-state index contributed by atoms with van der Waals surface area (Å²) >= 11 is 1.91. The largest absolute Gasteiger partial charge is 0.324 e. The summed E-state index contributed by atoms with van der Waals surface area (Å²) in [5.74, 6) is 1.89. The van der Waals surface area contributed by atoms with Crippen molar-refractivity contribution in [1.82, 2.24) is 0 Å². The van der Waals surface area contributed by atoms with E-state index in [0.29, 0.717) is 12.3 Å². The predicted molar refractivity (Wildman–Crippen MR) is 74.4 cm³/mol. The van der Waals surface area contributed by atoms with E-state index in [1.54, 1.807) is 0 Å². The Morgan fingerprint density at radius 2 is 2.21 bits per heavy atom. The van der Waals surface area contributed by atoms with Crippen molar-refractivity contribution in [3.63, 3.8) is 0 Å². The third-order valence-corrected chi connectivity index (χ3v) is 4.24. The maximum Gasteiger partial charge on any atom is 0.224 e. The van der Waals surface area contributed by atoms with Crippen LogP contribution in [0.5, 0.6) is 0 Å². The summed E-state index contributed by atoms with van der Waals surface area (Å²) in [5.41, 5.74) is 0.397. The van der Waals surface area contributed by atoms with E-state index in [9.17, 15) is 9.18 Å². The lowest BCUT2D eigenvalue weighted by atomic mass is 9.98. The zero-order valence-electron chi connectivity index (χ0n) is 10.5. The molecule has 0 spiro atoms. The number of anilines is 1. The van der Waals surface area contributed by atoms with Crippen molar-refractivity contribution >= 4 is 23.4 Å². The molecule has 0 atom stereocenters. The molecular formula is C14H15FN2OS. The zero-order chi connectivity index (χ0) is 13.7. The lowest BCUT2D eigenvalue weighted by Gasteiger charge is -2.20. The van der Waals surface area contributed by atoms with Gasteiger partial charge in [0.05, 0.1) is 17.3 Å². The van der Waals surface area contributed by atoms with Gasteiger partial charge in [-0.1, -0.05) is 0 Å². The summed E-state index contributed by atoms with van der Waals surface area (Å²) in [6.07, 6.45) is 2.54. The van der Waals surface area contributed by atoms with Crippen LogP contribution in [0.3, 0.4) is 0 Å². The summed E-state index contributed by atoms with van der Waals surface area (Å²) in [4.78, 5) is 11.8. The average Bonchev–Trinajstić information content (AvgIpc) is 2.42. The van der Waals surface area contributed by atoms with Gasteiger partial charge in [0, 0.05) is 6.42 Å². The van der Waals surface area contributed by atoms with E-state index in [-0.39, 0.29) is 17.2 Å². The summed E-state index contributed by atoms with van der Waals surface area (Å²) in [6, 6.07) is 5.92. The second-order valence-electron chi connectivity index (χ2n) is 4.61. The van der Waals surface area contributed by atoms with Crippen LogP contribution in [0.25, 0.3) is 0 Å². The van der Waals surface area contributed by atoms with Crippen LogP contribution in [0, 0.1) is 23.1 Å². The molecule has 1 aliphatic heterocycles. The number of nitrogens with zero attached hydrogens (tertiary/aromatic N) is 1. The highest BCUT2D eigenvalue weighted by atomic mass is 32.2. The number of nitriles is 1. The Hall–Kier alpha value is -1.54. The first kappa shape index (κ1) is 13.9. The van der Waals surface area contributed by atoms with Gasteiger partial charge in [-0.2, -0.15) is 17.0 Å². The number of carbonyl (C=O) groups is 1. The Kier molecular flexibility index (Phi) is 4.80. The molecule has 1 N–H and O–H groups in total. The van der Waals surface area contributed by atoms with Gasteiger partial charge in [-0.3, -0.25) is 4.79 Å². The molecule has 1 aromatic carbocycles. The van der Waals surface area contributed by atoms with Gasteiger partial charge in [0.2, 0.25) is 5.91 Å². The minimum atomic E-state index is -0.563. The second-order valence-corrected chi connectivity index (χ2v) is 5.84. The van der Waals surface area contributed by atoms with Gasteiger partial charge in [-0.25, -0.2) is 4.39 Å². The summed E-state index contributed by atoms with van der Waals surface area (Å²) in [7, 11) is 0. The highest BCUT2D eigenvalue weighted by molar-refractivity contribution is 7.99. The Bertz CT molecular complexity index is 507. The molecule has 5 heteroatoms. The lowest BCUT2D eigenvalue weighted by Crippen LogP contribution is -2.20. The first-order chi connectivity index (χ1) is 9.19. The topological polar surface area (TPSA) is 52.9 Å². The van der Waals surface area contributed by atoms with Gasteiger partial charge in [0.15, 0.2) is 0 Å². The minimum absolute atomic E-state index is 0.147. The highest BCUT2D eigenvalue weighted by Gasteiger charge is 2.18. The van der Waals surface area contributed by atoms with Gasteiger partial charge >= 0.3 is 0 Å². The number of benzene rings is 1. The van der Waals surface area contributed by atoms with E-state index in [1.807, 2.05) is 17.8 Å². The molecule has 1 saturated heterocycles. The first-order valence-corrected chi connectivity index (χ1v) is 7.42. The molecule has 0 bridgehead atoms. The zero-order valence-corrected chi connectivity index (χ0v) is 11.3. The molecule has 3 nitrogen and oxygen atoms in total. The number of halogens is 1. The molecule has 1 heterocycles. The number of rotatable bonds is 3. The third-order valence-electron chi connectivity index (χ3n) is 3.19. The summed E-state index contributed by atoms with van der Waals surface area (Å²) < 4.78 is 13.6. The predicted octanol–water partition coefficient (Wildman–Crippen LogP) is 3.17. The molecule has 0 aromatic heterocycles.